The lowest BCUT2D eigenvalue weighted by Gasteiger charge is -2.12. The third kappa shape index (κ3) is 10.0. The normalized spacial score (nSPS) is 12.0. The summed E-state index contributed by atoms with van der Waals surface area (Å²) in [7, 11) is -0.347. The smallest absolute Gasteiger partial charge is 0.242 e. The van der Waals surface area contributed by atoms with E-state index in [0.717, 1.165) is 57.1 Å². The SMILES string of the molecule is CCCCOCCCNC(=NCc1ccc(S(=O)(=O)N(C)C)cc1)NCC.I. The number of sulfonamides is 1. The second-order valence-corrected chi connectivity index (χ2v) is 8.52. The van der Waals surface area contributed by atoms with Crippen LogP contribution < -0.4 is 10.6 Å². The Morgan fingerprint density at radius 1 is 1.07 bits per heavy atom. The van der Waals surface area contributed by atoms with Crippen LogP contribution in [0, 0.1) is 0 Å². The van der Waals surface area contributed by atoms with Crippen LogP contribution >= 0.6 is 24.0 Å². The number of hydrogen-bond donors (Lipinski definition) is 2. The maximum Gasteiger partial charge on any atom is 0.242 e. The Balaban J connectivity index is 0.00000729. The fourth-order valence-corrected chi connectivity index (χ4v) is 3.12. The molecule has 162 valence electrons. The number of rotatable bonds is 12. The molecule has 1 aromatic rings. The van der Waals surface area contributed by atoms with E-state index in [9.17, 15) is 8.42 Å². The number of halogens is 1. The average molecular weight is 526 g/mol. The molecule has 0 aliphatic carbocycles. The quantitative estimate of drug-likeness (QED) is 0.190. The van der Waals surface area contributed by atoms with E-state index in [1.165, 1.54) is 18.4 Å². The van der Waals surface area contributed by atoms with Crippen LogP contribution in [0.2, 0.25) is 0 Å². The minimum absolute atomic E-state index is 0. The van der Waals surface area contributed by atoms with Crippen LogP contribution in [0.3, 0.4) is 0 Å². The highest BCUT2D eigenvalue weighted by Crippen LogP contribution is 2.14. The van der Waals surface area contributed by atoms with Crippen LogP contribution in [-0.2, 0) is 21.3 Å². The largest absolute Gasteiger partial charge is 0.381 e. The van der Waals surface area contributed by atoms with Crippen molar-refractivity contribution in [1.29, 1.82) is 0 Å². The van der Waals surface area contributed by atoms with E-state index < -0.39 is 10.0 Å². The molecule has 0 atom stereocenters. The fourth-order valence-electron chi connectivity index (χ4n) is 2.22. The van der Waals surface area contributed by atoms with Gasteiger partial charge in [0.05, 0.1) is 11.4 Å². The van der Waals surface area contributed by atoms with E-state index in [0.29, 0.717) is 6.54 Å². The molecule has 0 amide bonds. The van der Waals surface area contributed by atoms with E-state index in [4.69, 9.17) is 4.74 Å². The molecule has 7 nitrogen and oxygen atoms in total. The number of hydrogen-bond acceptors (Lipinski definition) is 4. The number of aliphatic imine (C=N–C) groups is 1. The van der Waals surface area contributed by atoms with Gasteiger partial charge in [-0.15, -0.1) is 24.0 Å². The monoisotopic (exact) mass is 526 g/mol. The summed E-state index contributed by atoms with van der Waals surface area (Å²) in [6.45, 7) is 7.78. The van der Waals surface area contributed by atoms with Crippen LogP contribution in [0.4, 0.5) is 0 Å². The predicted octanol–water partition coefficient (Wildman–Crippen LogP) is 2.82. The number of nitrogens with zero attached hydrogens (tertiary/aromatic N) is 2. The Morgan fingerprint density at radius 3 is 2.29 bits per heavy atom. The molecule has 0 spiro atoms. The fraction of sp³-hybridized carbons (Fsp3) is 0.632. The average Bonchev–Trinajstić information content (AvgIpc) is 2.65. The number of unbranched alkanes of at least 4 members (excludes halogenated alkanes) is 1. The Morgan fingerprint density at radius 2 is 1.71 bits per heavy atom. The van der Waals surface area contributed by atoms with E-state index in [1.54, 1.807) is 24.3 Å². The van der Waals surface area contributed by atoms with Crippen molar-refractivity contribution in [2.24, 2.45) is 4.99 Å². The number of nitrogens with one attached hydrogen (secondary N) is 2. The van der Waals surface area contributed by atoms with Crippen LogP contribution in [0.25, 0.3) is 0 Å². The van der Waals surface area contributed by atoms with E-state index >= 15 is 0 Å². The second kappa shape index (κ2) is 15.0. The van der Waals surface area contributed by atoms with E-state index in [1.807, 2.05) is 6.92 Å². The van der Waals surface area contributed by atoms with Gasteiger partial charge in [-0.1, -0.05) is 25.5 Å². The van der Waals surface area contributed by atoms with Gasteiger partial charge in [-0.3, -0.25) is 0 Å². The van der Waals surface area contributed by atoms with Gasteiger partial charge in [0, 0.05) is 40.4 Å². The van der Waals surface area contributed by atoms with Crippen LogP contribution in [0.5, 0.6) is 0 Å². The third-order valence-electron chi connectivity index (χ3n) is 3.87. The minimum atomic E-state index is -3.40. The molecule has 0 saturated heterocycles. The van der Waals surface area contributed by atoms with Gasteiger partial charge in [0.1, 0.15) is 0 Å². The van der Waals surface area contributed by atoms with Crippen molar-refractivity contribution in [3.05, 3.63) is 29.8 Å². The summed E-state index contributed by atoms with van der Waals surface area (Å²) >= 11 is 0. The molecule has 0 aliphatic rings. The zero-order valence-electron chi connectivity index (χ0n) is 17.4. The predicted molar refractivity (Wildman–Crippen MR) is 126 cm³/mol. The van der Waals surface area contributed by atoms with Gasteiger partial charge in [0.15, 0.2) is 5.96 Å². The van der Waals surface area contributed by atoms with Crippen molar-refractivity contribution in [2.45, 2.75) is 44.6 Å². The molecule has 0 saturated carbocycles. The zero-order chi connectivity index (χ0) is 20.1. The van der Waals surface area contributed by atoms with Gasteiger partial charge >= 0.3 is 0 Å². The highest BCUT2D eigenvalue weighted by Gasteiger charge is 2.16. The lowest BCUT2D eigenvalue weighted by Crippen LogP contribution is -2.38. The highest BCUT2D eigenvalue weighted by atomic mass is 127. The van der Waals surface area contributed by atoms with Crippen LogP contribution in [-0.4, -0.2) is 59.1 Å². The van der Waals surface area contributed by atoms with Gasteiger partial charge in [-0.2, -0.15) is 0 Å². The first-order valence-electron chi connectivity index (χ1n) is 9.53. The molecule has 0 aliphatic heterocycles. The third-order valence-corrected chi connectivity index (χ3v) is 5.70. The van der Waals surface area contributed by atoms with Crippen molar-refractivity contribution in [3.63, 3.8) is 0 Å². The molecule has 0 radical (unpaired) electrons. The highest BCUT2D eigenvalue weighted by molar-refractivity contribution is 14.0. The Bertz CT molecular complexity index is 664. The van der Waals surface area contributed by atoms with Gasteiger partial charge < -0.3 is 15.4 Å². The Kier molecular flexibility index (Phi) is 14.5. The molecule has 1 aromatic carbocycles. The minimum Gasteiger partial charge on any atom is -0.381 e. The van der Waals surface area contributed by atoms with Crippen molar-refractivity contribution >= 4 is 40.0 Å². The molecule has 0 heterocycles. The first-order chi connectivity index (χ1) is 12.9. The van der Waals surface area contributed by atoms with Crippen molar-refractivity contribution in [3.8, 4) is 0 Å². The second-order valence-electron chi connectivity index (χ2n) is 6.37. The first-order valence-corrected chi connectivity index (χ1v) is 11.0. The molecule has 0 unspecified atom stereocenters. The molecule has 1 rings (SSSR count). The van der Waals surface area contributed by atoms with Gasteiger partial charge in [-0.25, -0.2) is 17.7 Å². The lowest BCUT2D eigenvalue weighted by atomic mass is 10.2. The molecule has 0 fully saturated rings. The van der Waals surface area contributed by atoms with Crippen molar-refractivity contribution in [1.82, 2.24) is 14.9 Å². The molecular weight excluding hydrogens is 491 g/mol. The lowest BCUT2D eigenvalue weighted by molar-refractivity contribution is 0.129. The number of benzene rings is 1. The topological polar surface area (TPSA) is 83.0 Å². The molecule has 0 bridgehead atoms. The summed E-state index contributed by atoms with van der Waals surface area (Å²) in [5.74, 6) is 0.746. The van der Waals surface area contributed by atoms with E-state index in [2.05, 4.69) is 22.5 Å². The Labute approximate surface area is 187 Å². The van der Waals surface area contributed by atoms with Crippen LogP contribution in [0.1, 0.15) is 38.7 Å². The standard InChI is InChI=1S/C19H34N4O3S.HI/c1-5-7-14-26-15-8-13-21-19(20-6-2)22-16-17-9-11-18(12-10-17)27(24,25)23(3)4;/h9-12H,5-8,13-16H2,1-4H3,(H2,20,21,22);1H. The number of guanidine groups is 1. The van der Waals surface area contributed by atoms with Gasteiger partial charge in [0.2, 0.25) is 10.0 Å². The first kappa shape index (κ1) is 27.1. The van der Waals surface area contributed by atoms with Crippen molar-refractivity contribution < 1.29 is 13.2 Å². The van der Waals surface area contributed by atoms with Gasteiger partial charge in [0.25, 0.3) is 0 Å². The summed E-state index contributed by atoms with van der Waals surface area (Å²) in [4.78, 5) is 4.84. The maximum atomic E-state index is 12.1. The molecular formula is C19H35IN4O3S. The summed E-state index contributed by atoms with van der Waals surface area (Å²) in [5.41, 5.74) is 0.952. The molecule has 0 aromatic heterocycles. The molecule has 28 heavy (non-hydrogen) atoms. The van der Waals surface area contributed by atoms with Crippen LogP contribution in [0.15, 0.2) is 34.2 Å². The summed E-state index contributed by atoms with van der Waals surface area (Å²) in [6, 6.07) is 6.83. The summed E-state index contributed by atoms with van der Waals surface area (Å²) in [5, 5.41) is 6.50. The Hall–Kier alpha value is -0.910. The van der Waals surface area contributed by atoms with Gasteiger partial charge in [-0.05, 0) is 37.5 Å². The zero-order valence-corrected chi connectivity index (χ0v) is 20.5. The summed E-state index contributed by atoms with van der Waals surface area (Å²) < 4.78 is 30.9. The summed E-state index contributed by atoms with van der Waals surface area (Å²) in [6.07, 6.45) is 3.18. The van der Waals surface area contributed by atoms with Crippen molar-refractivity contribution in [2.75, 3.05) is 40.4 Å². The number of ether oxygens (including phenoxy) is 1. The maximum absolute atomic E-state index is 12.1. The molecule has 2 N–H and O–H groups in total. The molecule has 9 heteroatoms. The van der Waals surface area contributed by atoms with E-state index in [-0.39, 0.29) is 28.9 Å².